The van der Waals surface area contributed by atoms with Crippen LogP contribution in [-0.4, -0.2) is 15.9 Å². The van der Waals surface area contributed by atoms with Crippen molar-refractivity contribution in [2.45, 2.75) is 32.2 Å². The fourth-order valence-electron chi connectivity index (χ4n) is 4.31. The highest BCUT2D eigenvalue weighted by molar-refractivity contribution is 5.95. The Morgan fingerprint density at radius 1 is 0.939 bits per heavy atom. The largest absolute Gasteiger partial charge is 0.345 e. The number of anilines is 2. The van der Waals surface area contributed by atoms with Gasteiger partial charge in [-0.3, -0.25) is 4.79 Å². The minimum Gasteiger partial charge on any atom is -0.345 e. The van der Waals surface area contributed by atoms with Crippen molar-refractivity contribution in [3.63, 3.8) is 0 Å². The number of amides is 1. The average Bonchev–Trinajstić information content (AvgIpc) is 2.85. The van der Waals surface area contributed by atoms with Gasteiger partial charge >= 0.3 is 0 Å². The number of nitrogens with one attached hydrogen (secondary N) is 2. The number of benzene rings is 3. The summed E-state index contributed by atoms with van der Waals surface area (Å²) in [5.74, 6) is 0.656. The molecule has 5 heteroatoms. The third-order valence-electron chi connectivity index (χ3n) is 6.11. The van der Waals surface area contributed by atoms with Crippen molar-refractivity contribution in [3.05, 3.63) is 107 Å². The lowest BCUT2D eigenvalue weighted by atomic mass is 9.87. The second-order valence-electron chi connectivity index (χ2n) is 8.47. The molecular weight excluding hydrogens is 408 g/mol. The number of rotatable bonds is 5. The first kappa shape index (κ1) is 20.9. The third-order valence-corrected chi connectivity index (χ3v) is 6.11. The molecule has 1 aliphatic carbocycles. The van der Waals surface area contributed by atoms with Gasteiger partial charge in [0.25, 0.3) is 5.91 Å². The summed E-state index contributed by atoms with van der Waals surface area (Å²) in [7, 11) is 0. The van der Waals surface area contributed by atoms with E-state index in [0.29, 0.717) is 11.4 Å². The molecule has 33 heavy (non-hydrogen) atoms. The lowest BCUT2D eigenvalue weighted by Crippen LogP contribution is -2.30. The Bertz CT molecular complexity index is 1270. The molecule has 2 N–H and O–H groups in total. The molecule has 164 valence electrons. The average molecular weight is 435 g/mol. The van der Waals surface area contributed by atoms with Gasteiger partial charge in [0.05, 0.1) is 11.7 Å². The second kappa shape index (κ2) is 9.25. The van der Waals surface area contributed by atoms with Gasteiger partial charge in [-0.2, -0.15) is 0 Å². The van der Waals surface area contributed by atoms with Gasteiger partial charge < -0.3 is 10.6 Å². The summed E-state index contributed by atoms with van der Waals surface area (Å²) in [6.45, 7) is 2.06. The van der Waals surface area contributed by atoms with E-state index in [0.717, 1.165) is 36.2 Å². The molecule has 1 aromatic heterocycles. The normalized spacial score (nSPS) is 14.9. The van der Waals surface area contributed by atoms with Crippen molar-refractivity contribution >= 4 is 17.4 Å². The Morgan fingerprint density at radius 2 is 1.73 bits per heavy atom. The van der Waals surface area contributed by atoms with Crippen LogP contribution in [0.15, 0.2) is 85.2 Å². The van der Waals surface area contributed by atoms with Gasteiger partial charge in [-0.1, -0.05) is 54.1 Å². The van der Waals surface area contributed by atoms with Crippen LogP contribution in [0.1, 0.15) is 45.9 Å². The van der Waals surface area contributed by atoms with E-state index in [4.69, 9.17) is 0 Å². The lowest BCUT2D eigenvalue weighted by Gasteiger charge is -2.26. The van der Waals surface area contributed by atoms with Crippen LogP contribution in [0, 0.1) is 6.92 Å². The zero-order chi connectivity index (χ0) is 22.6. The maximum absolute atomic E-state index is 12.9. The predicted molar refractivity (Wildman–Crippen MR) is 132 cm³/mol. The summed E-state index contributed by atoms with van der Waals surface area (Å²) >= 11 is 0. The minimum absolute atomic E-state index is 0.0491. The van der Waals surface area contributed by atoms with Crippen LogP contribution < -0.4 is 10.6 Å². The van der Waals surface area contributed by atoms with Gasteiger partial charge in [-0.25, -0.2) is 9.97 Å². The number of nitrogens with zero attached hydrogens (tertiary/aromatic N) is 2. The number of aromatic nitrogens is 2. The van der Waals surface area contributed by atoms with E-state index in [2.05, 4.69) is 70.0 Å². The van der Waals surface area contributed by atoms with E-state index in [-0.39, 0.29) is 11.9 Å². The number of fused-ring (bicyclic) bond motifs is 1. The van der Waals surface area contributed by atoms with E-state index in [1.54, 1.807) is 6.33 Å². The molecule has 0 fully saturated rings. The van der Waals surface area contributed by atoms with Gasteiger partial charge in [-0.15, -0.1) is 0 Å². The Labute approximate surface area is 193 Å². The fraction of sp³-hybridized carbons (Fsp3) is 0.179. The molecule has 0 saturated carbocycles. The molecule has 0 bridgehead atoms. The number of carbonyl (C=O) groups excluding carboxylic acids is 1. The van der Waals surface area contributed by atoms with Crippen molar-refractivity contribution in [3.8, 4) is 11.3 Å². The monoisotopic (exact) mass is 434 g/mol. The molecule has 0 unspecified atom stereocenters. The van der Waals surface area contributed by atoms with Gasteiger partial charge in [0.15, 0.2) is 0 Å². The first-order chi connectivity index (χ1) is 16.2. The first-order valence-corrected chi connectivity index (χ1v) is 11.3. The van der Waals surface area contributed by atoms with Crippen molar-refractivity contribution in [2.24, 2.45) is 0 Å². The summed E-state index contributed by atoms with van der Waals surface area (Å²) in [5, 5.41) is 6.51. The second-order valence-corrected chi connectivity index (χ2v) is 8.47. The molecule has 1 aliphatic rings. The van der Waals surface area contributed by atoms with Crippen molar-refractivity contribution in [1.29, 1.82) is 0 Å². The number of aryl methyl sites for hydroxylation is 2. The predicted octanol–water partition coefficient (Wildman–Crippen LogP) is 6.00. The number of carbonyl (C=O) groups is 1. The summed E-state index contributed by atoms with van der Waals surface area (Å²) in [5.41, 5.74) is 7.20. The van der Waals surface area contributed by atoms with Gasteiger partial charge in [0.2, 0.25) is 0 Å². The molecule has 0 aliphatic heterocycles. The first-order valence-electron chi connectivity index (χ1n) is 11.3. The molecular formula is C28H26N4O. The lowest BCUT2D eigenvalue weighted by molar-refractivity contribution is 0.0933. The maximum atomic E-state index is 12.9. The molecule has 5 rings (SSSR count). The van der Waals surface area contributed by atoms with Crippen LogP contribution in [0.2, 0.25) is 0 Å². The quantitative estimate of drug-likeness (QED) is 0.404. The molecule has 1 heterocycles. The highest BCUT2D eigenvalue weighted by Crippen LogP contribution is 2.30. The van der Waals surface area contributed by atoms with E-state index < -0.39 is 0 Å². The minimum atomic E-state index is -0.0491. The van der Waals surface area contributed by atoms with Crippen molar-refractivity contribution in [2.75, 3.05) is 5.32 Å². The molecule has 3 aromatic carbocycles. The Balaban J connectivity index is 1.26. The van der Waals surface area contributed by atoms with Gasteiger partial charge in [0, 0.05) is 22.9 Å². The van der Waals surface area contributed by atoms with E-state index in [1.807, 2.05) is 36.4 Å². The Kier molecular flexibility index (Phi) is 5.85. The molecule has 0 saturated heterocycles. The molecule has 4 aromatic rings. The van der Waals surface area contributed by atoms with Crippen molar-refractivity contribution < 1.29 is 4.79 Å². The summed E-state index contributed by atoms with van der Waals surface area (Å²) in [4.78, 5) is 21.6. The van der Waals surface area contributed by atoms with Crippen LogP contribution in [0.4, 0.5) is 11.5 Å². The molecule has 0 spiro atoms. The number of hydrogen-bond donors (Lipinski definition) is 2. The molecule has 1 amide bonds. The maximum Gasteiger partial charge on any atom is 0.251 e. The van der Waals surface area contributed by atoms with Crippen LogP contribution in [-0.2, 0) is 6.42 Å². The SMILES string of the molecule is Cc1ccc(-c2cc(Nc3ccc(C(=O)N[C@H]4CCCc5ccccc54)cc3)ncn2)cc1. The standard InChI is InChI=1S/C28H26N4O/c1-19-9-11-21(12-10-19)26-17-27(30-18-29-26)31-23-15-13-22(14-16-23)28(33)32-25-8-4-6-20-5-2-3-7-24(20)25/h2-3,5,7,9-18,25H,4,6,8H2,1H3,(H,32,33)(H,29,30,31)/t25-/m0/s1. The van der Waals surface area contributed by atoms with Crippen LogP contribution in [0.25, 0.3) is 11.3 Å². The van der Waals surface area contributed by atoms with Crippen LogP contribution in [0.3, 0.4) is 0 Å². The third kappa shape index (κ3) is 4.77. The van der Waals surface area contributed by atoms with Gasteiger partial charge in [-0.05, 0) is 61.6 Å². The van der Waals surface area contributed by atoms with Crippen molar-refractivity contribution in [1.82, 2.24) is 15.3 Å². The highest BCUT2D eigenvalue weighted by Gasteiger charge is 2.21. The van der Waals surface area contributed by atoms with Gasteiger partial charge in [0.1, 0.15) is 12.1 Å². The summed E-state index contributed by atoms with van der Waals surface area (Å²) in [6, 6.07) is 26.1. The Morgan fingerprint density at radius 3 is 2.55 bits per heavy atom. The Hall–Kier alpha value is -3.99. The van der Waals surface area contributed by atoms with E-state index >= 15 is 0 Å². The molecule has 0 radical (unpaired) electrons. The highest BCUT2D eigenvalue weighted by atomic mass is 16.1. The van der Waals surface area contributed by atoms with Crippen LogP contribution in [0.5, 0.6) is 0 Å². The van der Waals surface area contributed by atoms with Crippen LogP contribution >= 0.6 is 0 Å². The zero-order valence-corrected chi connectivity index (χ0v) is 18.6. The summed E-state index contributed by atoms with van der Waals surface area (Å²) in [6.07, 6.45) is 4.70. The topological polar surface area (TPSA) is 66.9 Å². The fourth-order valence-corrected chi connectivity index (χ4v) is 4.31. The number of hydrogen-bond acceptors (Lipinski definition) is 4. The van der Waals surface area contributed by atoms with E-state index in [1.165, 1.54) is 16.7 Å². The van der Waals surface area contributed by atoms with E-state index in [9.17, 15) is 4.79 Å². The summed E-state index contributed by atoms with van der Waals surface area (Å²) < 4.78 is 0. The molecule has 1 atom stereocenters. The zero-order valence-electron chi connectivity index (χ0n) is 18.6. The molecule has 5 nitrogen and oxygen atoms in total. The smallest absolute Gasteiger partial charge is 0.251 e.